The summed E-state index contributed by atoms with van der Waals surface area (Å²) in [7, 11) is 0. The van der Waals surface area contributed by atoms with E-state index in [-0.39, 0.29) is 6.61 Å². The van der Waals surface area contributed by atoms with Crippen LogP contribution in [0.4, 0.5) is 0 Å². The summed E-state index contributed by atoms with van der Waals surface area (Å²) in [4.78, 5) is 1.32. The molecule has 0 aliphatic rings. The minimum absolute atomic E-state index is 0.266. The van der Waals surface area contributed by atoms with E-state index in [2.05, 4.69) is 43.4 Å². The number of nitrogens with one attached hydrogen (secondary N) is 1. The Morgan fingerprint density at radius 2 is 1.94 bits per heavy atom. The quantitative estimate of drug-likeness (QED) is 0.552. The Balaban J connectivity index is 2.18. The van der Waals surface area contributed by atoms with Gasteiger partial charge in [-0.1, -0.05) is 32.0 Å². The zero-order valence-electron chi connectivity index (χ0n) is 10.7. The third-order valence-corrected chi connectivity index (χ3v) is 3.78. The summed E-state index contributed by atoms with van der Waals surface area (Å²) in [6.45, 7) is 5.64. The lowest BCUT2D eigenvalue weighted by Crippen LogP contribution is -2.36. The van der Waals surface area contributed by atoms with E-state index in [0.29, 0.717) is 12.0 Å². The Kier molecular flexibility index (Phi) is 7.33. The molecular weight excluding hydrogens is 230 g/mol. The molecule has 2 N–H and O–H groups in total. The van der Waals surface area contributed by atoms with Gasteiger partial charge < -0.3 is 10.4 Å². The first kappa shape index (κ1) is 14.6. The number of hydrogen-bond donors (Lipinski definition) is 2. The molecule has 1 rings (SSSR count). The van der Waals surface area contributed by atoms with Gasteiger partial charge in [-0.15, -0.1) is 11.8 Å². The van der Waals surface area contributed by atoms with E-state index >= 15 is 0 Å². The molecule has 96 valence electrons. The highest BCUT2D eigenvalue weighted by Gasteiger charge is 2.11. The molecule has 0 spiro atoms. The van der Waals surface area contributed by atoms with Crippen LogP contribution in [-0.2, 0) is 0 Å². The predicted octanol–water partition coefficient (Wildman–Crippen LogP) is 2.78. The highest BCUT2D eigenvalue weighted by Crippen LogP contribution is 2.16. The topological polar surface area (TPSA) is 32.3 Å². The van der Waals surface area contributed by atoms with Gasteiger partial charge in [-0.3, -0.25) is 0 Å². The minimum Gasteiger partial charge on any atom is -0.396 e. The van der Waals surface area contributed by atoms with Crippen molar-refractivity contribution in [3.63, 3.8) is 0 Å². The average molecular weight is 253 g/mol. The molecule has 0 fully saturated rings. The first-order valence-electron chi connectivity index (χ1n) is 6.26. The van der Waals surface area contributed by atoms with Crippen molar-refractivity contribution in [2.45, 2.75) is 31.2 Å². The van der Waals surface area contributed by atoms with E-state index in [4.69, 9.17) is 5.11 Å². The van der Waals surface area contributed by atoms with Gasteiger partial charge in [0.25, 0.3) is 0 Å². The molecule has 0 aliphatic heterocycles. The zero-order chi connectivity index (χ0) is 12.5. The Morgan fingerprint density at radius 3 is 2.53 bits per heavy atom. The average Bonchev–Trinajstić information content (AvgIpc) is 2.34. The Bertz CT molecular complexity index is 290. The summed E-state index contributed by atoms with van der Waals surface area (Å²) < 4.78 is 0. The van der Waals surface area contributed by atoms with Crippen LogP contribution in [0.1, 0.15) is 20.3 Å². The predicted molar refractivity (Wildman–Crippen MR) is 75.5 cm³/mol. The molecular formula is C14H23NOS. The molecule has 0 saturated carbocycles. The van der Waals surface area contributed by atoms with E-state index in [1.807, 2.05) is 17.8 Å². The van der Waals surface area contributed by atoms with E-state index in [1.165, 1.54) is 4.90 Å². The number of thioether (sulfide) groups is 1. The van der Waals surface area contributed by atoms with Crippen LogP contribution in [0.2, 0.25) is 0 Å². The van der Waals surface area contributed by atoms with E-state index in [0.717, 1.165) is 18.7 Å². The van der Waals surface area contributed by atoms with Gasteiger partial charge in [0.15, 0.2) is 0 Å². The number of aliphatic hydroxyl groups excluding tert-OH is 1. The minimum atomic E-state index is 0.266. The fourth-order valence-corrected chi connectivity index (χ4v) is 2.55. The van der Waals surface area contributed by atoms with Crippen molar-refractivity contribution in [2.24, 2.45) is 5.92 Å². The largest absolute Gasteiger partial charge is 0.396 e. The standard InChI is InChI=1S/C14H23NOS/c1-12(2)14(8-10-16)15-9-11-17-13-6-4-3-5-7-13/h3-7,12,14-16H,8-11H2,1-2H3. The molecule has 2 nitrogen and oxygen atoms in total. The van der Waals surface area contributed by atoms with Crippen molar-refractivity contribution in [3.05, 3.63) is 30.3 Å². The Labute approximate surface area is 109 Å². The van der Waals surface area contributed by atoms with Crippen molar-refractivity contribution in [1.29, 1.82) is 0 Å². The molecule has 0 radical (unpaired) electrons. The smallest absolute Gasteiger partial charge is 0.0445 e. The first-order valence-corrected chi connectivity index (χ1v) is 7.24. The summed E-state index contributed by atoms with van der Waals surface area (Å²) in [5.74, 6) is 1.64. The molecule has 0 aliphatic carbocycles. The van der Waals surface area contributed by atoms with Crippen LogP contribution < -0.4 is 5.32 Å². The summed E-state index contributed by atoms with van der Waals surface area (Å²) in [5, 5.41) is 12.5. The fourth-order valence-electron chi connectivity index (χ4n) is 1.74. The highest BCUT2D eigenvalue weighted by molar-refractivity contribution is 7.99. The third-order valence-electron chi connectivity index (χ3n) is 2.77. The van der Waals surface area contributed by atoms with Gasteiger partial charge >= 0.3 is 0 Å². The van der Waals surface area contributed by atoms with Crippen LogP contribution in [0, 0.1) is 5.92 Å². The SMILES string of the molecule is CC(C)C(CCO)NCCSc1ccccc1. The van der Waals surface area contributed by atoms with Gasteiger partial charge in [0.05, 0.1) is 0 Å². The molecule has 1 unspecified atom stereocenters. The van der Waals surface area contributed by atoms with Crippen LogP contribution in [0.15, 0.2) is 35.2 Å². The van der Waals surface area contributed by atoms with Crippen molar-refractivity contribution < 1.29 is 5.11 Å². The fraction of sp³-hybridized carbons (Fsp3) is 0.571. The molecule has 17 heavy (non-hydrogen) atoms. The normalized spacial score (nSPS) is 12.9. The number of hydrogen-bond acceptors (Lipinski definition) is 3. The van der Waals surface area contributed by atoms with Gasteiger partial charge in [0, 0.05) is 29.8 Å². The second kappa shape index (κ2) is 8.56. The molecule has 0 aromatic heterocycles. The maximum absolute atomic E-state index is 8.97. The second-order valence-electron chi connectivity index (χ2n) is 4.48. The molecule has 1 aromatic rings. The third kappa shape index (κ3) is 6.10. The summed E-state index contributed by atoms with van der Waals surface area (Å²) in [5.41, 5.74) is 0. The molecule has 0 heterocycles. The van der Waals surface area contributed by atoms with Crippen LogP contribution in [0.3, 0.4) is 0 Å². The van der Waals surface area contributed by atoms with Gasteiger partial charge in [-0.25, -0.2) is 0 Å². The molecule has 3 heteroatoms. The first-order chi connectivity index (χ1) is 8.24. The van der Waals surface area contributed by atoms with Crippen LogP contribution in [-0.4, -0.2) is 30.1 Å². The lowest BCUT2D eigenvalue weighted by Gasteiger charge is -2.21. The highest BCUT2D eigenvalue weighted by atomic mass is 32.2. The number of rotatable bonds is 8. The zero-order valence-corrected chi connectivity index (χ0v) is 11.5. The molecule has 0 amide bonds. The molecule has 0 saturated heterocycles. The molecule has 1 aromatic carbocycles. The van der Waals surface area contributed by atoms with Crippen LogP contribution in [0.5, 0.6) is 0 Å². The Hall–Kier alpha value is -0.510. The Morgan fingerprint density at radius 1 is 1.24 bits per heavy atom. The van der Waals surface area contributed by atoms with Gasteiger partial charge in [0.1, 0.15) is 0 Å². The van der Waals surface area contributed by atoms with E-state index in [1.54, 1.807) is 0 Å². The lowest BCUT2D eigenvalue weighted by atomic mass is 10.0. The van der Waals surface area contributed by atoms with Crippen molar-refractivity contribution in [1.82, 2.24) is 5.32 Å². The van der Waals surface area contributed by atoms with Crippen molar-refractivity contribution in [2.75, 3.05) is 18.9 Å². The van der Waals surface area contributed by atoms with E-state index < -0.39 is 0 Å². The van der Waals surface area contributed by atoms with Gasteiger partial charge in [-0.2, -0.15) is 0 Å². The number of aliphatic hydroxyl groups is 1. The van der Waals surface area contributed by atoms with Gasteiger partial charge in [-0.05, 0) is 24.5 Å². The van der Waals surface area contributed by atoms with Crippen molar-refractivity contribution in [3.8, 4) is 0 Å². The van der Waals surface area contributed by atoms with Crippen LogP contribution in [0.25, 0.3) is 0 Å². The second-order valence-corrected chi connectivity index (χ2v) is 5.65. The maximum Gasteiger partial charge on any atom is 0.0445 e. The molecule has 1 atom stereocenters. The van der Waals surface area contributed by atoms with Crippen molar-refractivity contribution >= 4 is 11.8 Å². The van der Waals surface area contributed by atoms with Gasteiger partial charge in [0.2, 0.25) is 0 Å². The maximum atomic E-state index is 8.97. The lowest BCUT2D eigenvalue weighted by molar-refractivity contribution is 0.246. The van der Waals surface area contributed by atoms with Crippen LogP contribution >= 0.6 is 11.8 Å². The molecule has 0 bridgehead atoms. The number of benzene rings is 1. The summed E-state index contributed by atoms with van der Waals surface area (Å²) in [6.07, 6.45) is 0.841. The summed E-state index contributed by atoms with van der Waals surface area (Å²) >= 11 is 1.87. The van der Waals surface area contributed by atoms with E-state index in [9.17, 15) is 0 Å². The monoisotopic (exact) mass is 253 g/mol. The summed E-state index contributed by atoms with van der Waals surface area (Å²) in [6, 6.07) is 10.9.